The lowest BCUT2D eigenvalue weighted by Crippen LogP contribution is -3.14. The van der Waals surface area contributed by atoms with Crippen LogP contribution in [0.15, 0.2) is 40.8 Å². The number of benzene rings is 1. The molecular weight excluding hydrogens is 361 g/mol. The maximum absolute atomic E-state index is 13.6. The van der Waals surface area contributed by atoms with Crippen molar-refractivity contribution in [2.45, 2.75) is 13.5 Å². The molecule has 1 saturated heterocycles. The van der Waals surface area contributed by atoms with Crippen LogP contribution < -0.4 is 10.2 Å². The molecule has 2 N–H and O–H groups in total. The smallest absolute Gasteiger partial charge is 0.268 e. The van der Waals surface area contributed by atoms with E-state index in [0.717, 1.165) is 49.7 Å². The number of amides is 1. The Morgan fingerprint density at radius 2 is 2.07 bits per heavy atom. The SMILES string of the molecule is Cc1cc2c(cc(C(=O)NCC[NH+]3CCOCC3)n2Cc2cccc(F)c2)o1. The Labute approximate surface area is 162 Å². The average molecular weight is 386 g/mol. The van der Waals surface area contributed by atoms with Gasteiger partial charge >= 0.3 is 0 Å². The number of aromatic nitrogens is 1. The topological polar surface area (TPSA) is 60.8 Å². The van der Waals surface area contributed by atoms with E-state index in [4.69, 9.17) is 9.15 Å². The third-order valence-electron chi connectivity index (χ3n) is 5.14. The highest BCUT2D eigenvalue weighted by Crippen LogP contribution is 2.25. The molecule has 1 aliphatic heterocycles. The summed E-state index contributed by atoms with van der Waals surface area (Å²) in [5.41, 5.74) is 2.82. The summed E-state index contributed by atoms with van der Waals surface area (Å²) in [6.45, 7) is 7.23. The number of furan rings is 1. The van der Waals surface area contributed by atoms with Gasteiger partial charge in [-0.3, -0.25) is 4.79 Å². The lowest BCUT2D eigenvalue weighted by molar-refractivity contribution is -0.906. The van der Waals surface area contributed by atoms with Crippen LogP contribution in [-0.2, 0) is 11.3 Å². The molecule has 1 amide bonds. The predicted molar refractivity (Wildman–Crippen MR) is 103 cm³/mol. The second-order valence-electron chi connectivity index (χ2n) is 7.22. The zero-order valence-corrected chi connectivity index (χ0v) is 16.0. The van der Waals surface area contributed by atoms with Gasteiger partial charge < -0.3 is 23.9 Å². The number of ether oxygens (including phenoxy) is 1. The largest absolute Gasteiger partial charge is 0.460 e. The van der Waals surface area contributed by atoms with Crippen LogP contribution in [0.4, 0.5) is 4.39 Å². The second-order valence-corrected chi connectivity index (χ2v) is 7.22. The Kier molecular flexibility index (Phi) is 5.45. The molecule has 0 saturated carbocycles. The minimum atomic E-state index is -0.288. The number of nitrogens with one attached hydrogen (secondary N) is 2. The van der Waals surface area contributed by atoms with Gasteiger partial charge in [-0.05, 0) is 24.6 Å². The number of hydrogen-bond donors (Lipinski definition) is 2. The lowest BCUT2D eigenvalue weighted by Gasteiger charge is -2.23. The Morgan fingerprint density at radius 3 is 2.86 bits per heavy atom. The van der Waals surface area contributed by atoms with Gasteiger partial charge in [0, 0.05) is 18.7 Å². The fraction of sp³-hybridized carbons (Fsp3) is 0.381. The third kappa shape index (κ3) is 4.10. The normalized spacial score (nSPS) is 15.2. The van der Waals surface area contributed by atoms with Crippen LogP contribution >= 0.6 is 0 Å². The fourth-order valence-corrected chi connectivity index (χ4v) is 3.69. The molecule has 28 heavy (non-hydrogen) atoms. The Balaban J connectivity index is 1.52. The average Bonchev–Trinajstić information content (AvgIpc) is 3.20. The summed E-state index contributed by atoms with van der Waals surface area (Å²) >= 11 is 0. The maximum atomic E-state index is 13.6. The first-order chi connectivity index (χ1) is 13.6. The molecule has 4 rings (SSSR count). The summed E-state index contributed by atoms with van der Waals surface area (Å²) in [4.78, 5) is 14.3. The van der Waals surface area contributed by atoms with Gasteiger partial charge in [0.2, 0.25) is 0 Å². The van der Waals surface area contributed by atoms with E-state index in [0.29, 0.717) is 24.4 Å². The molecule has 0 unspecified atom stereocenters. The van der Waals surface area contributed by atoms with Gasteiger partial charge in [-0.1, -0.05) is 12.1 Å². The third-order valence-corrected chi connectivity index (χ3v) is 5.14. The number of carbonyl (C=O) groups is 1. The molecule has 1 aliphatic rings. The van der Waals surface area contributed by atoms with Crippen LogP contribution in [0.1, 0.15) is 21.8 Å². The highest BCUT2D eigenvalue weighted by atomic mass is 19.1. The molecule has 0 atom stereocenters. The van der Waals surface area contributed by atoms with Crippen molar-refractivity contribution >= 4 is 17.0 Å². The number of morpholine rings is 1. The minimum absolute atomic E-state index is 0.145. The Hall–Kier alpha value is -2.64. The van der Waals surface area contributed by atoms with Crippen LogP contribution in [0.5, 0.6) is 0 Å². The summed E-state index contributed by atoms with van der Waals surface area (Å²) in [5.74, 6) is 0.345. The van der Waals surface area contributed by atoms with Crippen molar-refractivity contribution in [1.29, 1.82) is 0 Å². The first-order valence-corrected chi connectivity index (χ1v) is 9.64. The fourth-order valence-electron chi connectivity index (χ4n) is 3.69. The highest BCUT2D eigenvalue weighted by Gasteiger charge is 2.20. The maximum Gasteiger partial charge on any atom is 0.268 e. The van der Waals surface area contributed by atoms with Crippen LogP contribution in [0.3, 0.4) is 0 Å². The van der Waals surface area contributed by atoms with Crippen LogP contribution in [0.2, 0.25) is 0 Å². The molecule has 0 bridgehead atoms. The molecule has 0 radical (unpaired) electrons. The molecule has 1 aromatic carbocycles. The number of carbonyl (C=O) groups excluding carboxylic acids is 1. The zero-order valence-electron chi connectivity index (χ0n) is 16.0. The number of rotatable bonds is 6. The van der Waals surface area contributed by atoms with Crippen molar-refractivity contribution in [3.8, 4) is 0 Å². The number of halogens is 1. The highest BCUT2D eigenvalue weighted by molar-refractivity contribution is 5.97. The molecule has 1 fully saturated rings. The van der Waals surface area contributed by atoms with Crippen molar-refractivity contribution in [3.05, 3.63) is 59.2 Å². The molecule has 0 spiro atoms. The Bertz CT molecular complexity index is 973. The molecule has 7 heteroatoms. The summed E-state index contributed by atoms with van der Waals surface area (Å²) in [5, 5.41) is 3.01. The van der Waals surface area contributed by atoms with Gasteiger partial charge in [0.05, 0.1) is 31.8 Å². The van der Waals surface area contributed by atoms with Gasteiger partial charge in [0.15, 0.2) is 5.58 Å². The van der Waals surface area contributed by atoms with E-state index in [1.807, 2.05) is 23.6 Å². The summed E-state index contributed by atoms with van der Waals surface area (Å²) in [7, 11) is 0. The quantitative estimate of drug-likeness (QED) is 0.673. The number of aryl methyl sites for hydroxylation is 1. The van der Waals surface area contributed by atoms with Gasteiger partial charge in [0.25, 0.3) is 5.91 Å². The standard InChI is InChI=1S/C21H24FN3O3/c1-15-11-18-20(28-15)13-19(25(18)14-16-3-2-4-17(22)12-16)21(26)23-5-6-24-7-9-27-10-8-24/h2-4,11-13H,5-10,14H2,1H3,(H,23,26)/p+1. The number of nitrogens with zero attached hydrogens (tertiary/aromatic N) is 1. The molecule has 3 heterocycles. The molecule has 6 nitrogen and oxygen atoms in total. The van der Waals surface area contributed by atoms with E-state index in [1.165, 1.54) is 17.0 Å². The van der Waals surface area contributed by atoms with E-state index in [9.17, 15) is 9.18 Å². The van der Waals surface area contributed by atoms with Gasteiger partial charge in [0.1, 0.15) is 30.4 Å². The lowest BCUT2D eigenvalue weighted by atomic mass is 10.2. The molecule has 2 aromatic heterocycles. The second kappa shape index (κ2) is 8.16. The van der Waals surface area contributed by atoms with E-state index in [1.54, 1.807) is 12.1 Å². The summed E-state index contributed by atoms with van der Waals surface area (Å²) in [6.07, 6.45) is 0. The van der Waals surface area contributed by atoms with Gasteiger partial charge in [-0.15, -0.1) is 0 Å². The first-order valence-electron chi connectivity index (χ1n) is 9.64. The Morgan fingerprint density at radius 1 is 1.25 bits per heavy atom. The first kappa shape index (κ1) is 18.7. The van der Waals surface area contributed by atoms with Crippen molar-refractivity contribution < 1.29 is 23.2 Å². The van der Waals surface area contributed by atoms with Gasteiger partial charge in [-0.25, -0.2) is 4.39 Å². The van der Waals surface area contributed by atoms with Crippen LogP contribution in [0, 0.1) is 12.7 Å². The van der Waals surface area contributed by atoms with E-state index >= 15 is 0 Å². The van der Waals surface area contributed by atoms with Crippen molar-refractivity contribution in [2.75, 3.05) is 39.4 Å². The molecule has 3 aromatic rings. The molecule has 0 aliphatic carbocycles. The number of fused-ring (bicyclic) bond motifs is 1. The summed E-state index contributed by atoms with van der Waals surface area (Å²) < 4.78 is 26.6. The molecule has 148 valence electrons. The summed E-state index contributed by atoms with van der Waals surface area (Å²) in [6, 6.07) is 10.1. The van der Waals surface area contributed by atoms with E-state index in [-0.39, 0.29) is 11.7 Å². The van der Waals surface area contributed by atoms with E-state index < -0.39 is 0 Å². The molecular formula is C21H25FN3O3+. The van der Waals surface area contributed by atoms with Crippen molar-refractivity contribution in [1.82, 2.24) is 9.88 Å². The monoisotopic (exact) mass is 386 g/mol. The van der Waals surface area contributed by atoms with E-state index in [2.05, 4.69) is 5.32 Å². The van der Waals surface area contributed by atoms with Crippen LogP contribution in [-0.4, -0.2) is 49.9 Å². The van der Waals surface area contributed by atoms with Crippen molar-refractivity contribution in [2.24, 2.45) is 0 Å². The van der Waals surface area contributed by atoms with Crippen molar-refractivity contribution in [3.63, 3.8) is 0 Å². The van der Waals surface area contributed by atoms with Crippen LogP contribution in [0.25, 0.3) is 11.1 Å². The predicted octanol–water partition coefficient (Wildman–Crippen LogP) is 1.38. The zero-order chi connectivity index (χ0) is 19.5. The van der Waals surface area contributed by atoms with Gasteiger partial charge in [-0.2, -0.15) is 0 Å². The number of quaternary nitrogens is 1. The number of hydrogen-bond acceptors (Lipinski definition) is 3. The minimum Gasteiger partial charge on any atom is -0.460 e.